The Balaban J connectivity index is 2.62. The van der Waals surface area contributed by atoms with Gasteiger partial charge in [-0.3, -0.25) is 4.79 Å². The van der Waals surface area contributed by atoms with Crippen molar-refractivity contribution in [1.82, 2.24) is 4.90 Å². The van der Waals surface area contributed by atoms with E-state index in [2.05, 4.69) is 12.5 Å². The molecular weight excluding hydrogens is 190 g/mol. The Bertz CT molecular complexity index is 314. The highest BCUT2D eigenvalue weighted by Gasteiger charge is 2.45. The molecule has 0 bridgehead atoms. The van der Waals surface area contributed by atoms with Crippen molar-refractivity contribution in [1.29, 1.82) is 0 Å². The van der Waals surface area contributed by atoms with E-state index in [4.69, 9.17) is 11.2 Å². The van der Waals surface area contributed by atoms with Crippen LogP contribution >= 0.6 is 0 Å². The lowest BCUT2D eigenvalue weighted by Gasteiger charge is -2.44. The minimum absolute atomic E-state index is 0.00569. The molecule has 0 radical (unpaired) electrons. The van der Waals surface area contributed by atoms with Gasteiger partial charge in [0.15, 0.2) is 6.10 Å². The van der Waals surface area contributed by atoms with Gasteiger partial charge in [-0.1, -0.05) is 24.8 Å². The van der Waals surface area contributed by atoms with Crippen LogP contribution in [0.4, 0.5) is 0 Å². The topological polar surface area (TPSA) is 29.5 Å². The first-order valence-electron chi connectivity index (χ1n) is 4.82. The molecule has 0 aromatic heterocycles. The highest BCUT2D eigenvalue weighted by molar-refractivity contribution is 5.89. The SMILES string of the molecule is C#CCCN1C(=O)[C@H](OC)[C@@H]1/C=C/C=C. The van der Waals surface area contributed by atoms with E-state index < -0.39 is 0 Å². The summed E-state index contributed by atoms with van der Waals surface area (Å²) in [6, 6.07) is -0.00569. The second kappa shape index (κ2) is 5.38. The number of likely N-dealkylation sites (tertiary alicyclic amines) is 1. The van der Waals surface area contributed by atoms with Gasteiger partial charge in [0.1, 0.15) is 0 Å². The third-order valence-corrected chi connectivity index (χ3v) is 2.39. The molecule has 15 heavy (non-hydrogen) atoms. The summed E-state index contributed by atoms with van der Waals surface area (Å²) in [4.78, 5) is 13.3. The first-order chi connectivity index (χ1) is 7.26. The van der Waals surface area contributed by atoms with Crippen LogP contribution < -0.4 is 0 Å². The number of terminal acetylenes is 1. The first kappa shape index (κ1) is 11.5. The van der Waals surface area contributed by atoms with Gasteiger partial charge in [0.05, 0.1) is 6.04 Å². The molecule has 2 atom stereocenters. The van der Waals surface area contributed by atoms with Crippen LogP contribution in [0.15, 0.2) is 24.8 Å². The number of methoxy groups -OCH3 is 1. The van der Waals surface area contributed by atoms with Gasteiger partial charge in [-0.2, -0.15) is 0 Å². The summed E-state index contributed by atoms with van der Waals surface area (Å²) in [5, 5.41) is 0. The minimum atomic E-state index is -0.362. The van der Waals surface area contributed by atoms with Gasteiger partial charge in [-0.25, -0.2) is 0 Å². The molecule has 1 rings (SSSR count). The summed E-state index contributed by atoms with van der Waals surface area (Å²) >= 11 is 0. The van der Waals surface area contributed by atoms with E-state index in [-0.39, 0.29) is 18.1 Å². The van der Waals surface area contributed by atoms with Crippen molar-refractivity contribution >= 4 is 5.91 Å². The van der Waals surface area contributed by atoms with Crippen LogP contribution in [-0.4, -0.2) is 36.6 Å². The summed E-state index contributed by atoms with van der Waals surface area (Å²) in [6.45, 7) is 4.17. The number of nitrogens with zero attached hydrogens (tertiary/aromatic N) is 1. The van der Waals surface area contributed by atoms with E-state index in [0.29, 0.717) is 13.0 Å². The lowest BCUT2D eigenvalue weighted by atomic mass is 9.97. The highest BCUT2D eigenvalue weighted by Crippen LogP contribution is 2.23. The number of hydrogen-bond donors (Lipinski definition) is 0. The summed E-state index contributed by atoms with van der Waals surface area (Å²) in [7, 11) is 1.54. The highest BCUT2D eigenvalue weighted by atomic mass is 16.5. The van der Waals surface area contributed by atoms with Crippen molar-refractivity contribution in [3.8, 4) is 12.3 Å². The number of rotatable bonds is 5. The predicted molar refractivity (Wildman–Crippen MR) is 59.1 cm³/mol. The normalized spacial score (nSPS) is 25.1. The molecule has 1 aliphatic rings. The van der Waals surface area contributed by atoms with Crippen LogP contribution in [0.5, 0.6) is 0 Å². The molecule has 0 unspecified atom stereocenters. The molecule has 0 N–H and O–H groups in total. The van der Waals surface area contributed by atoms with Crippen molar-refractivity contribution in [3.63, 3.8) is 0 Å². The van der Waals surface area contributed by atoms with Gasteiger partial charge >= 0.3 is 0 Å². The molecule has 0 aromatic rings. The third-order valence-electron chi connectivity index (χ3n) is 2.39. The minimum Gasteiger partial charge on any atom is -0.369 e. The zero-order valence-electron chi connectivity index (χ0n) is 8.85. The number of amides is 1. The van der Waals surface area contributed by atoms with E-state index in [0.717, 1.165) is 0 Å². The lowest BCUT2D eigenvalue weighted by Crippen LogP contribution is -2.64. The van der Waals surface area contributed by atoms with E-state index in [9.17, 15) is 4.79 Å². The van der Waals surface area contributed by atoms with E-state index in [1.54, 1.807) is 11.0 Å². The summed E-state index contributed by atoms with van der Waals surface area (Å²) in [5.41, 5.74) is 0. The molecule has 80 valence electrons. The molecule has 1 amide bonds. The zero-order chi connectivity index (χ0) is 11.3. The molecule has 1 heterocycles. The maximum atomic E-state index is 11.5. The standard InChI is InChI=1S/C12H15NO2/c1-4-6-8-10-11(15-3)12(14)13(10)9-7-5-2/h2,4,6,8,10-11H,1,7,9H2,3H3/b8-6+/t10-,11+/m0/s1. The van der Waals surface area contributed by atoms with E-state index in [1.165, 1.54) is 7.11 Å². The second-order valence-corrected chi connectivity index (χ2v) is 3.25. The fourth-order valence-electron chi connectivity index (χ4n) is 1.62. The number of carbonyl (C=O) groups excluding carboxylic acids is 1. The molecule has 0 aliphatic carbocycles. The van der Waals surface area contributed by atoms with Crippen molar-refractivity contribution in [2.45, 2.75) is 18.6 Å². The number of ether oxygens (including phenoxy) is 1. The molecule has 3 heteroatoms. The maximum absolute atomic E-state index is 11.5. The van der Waals surface area contributed by atoms with Gasteiger partial charge in [0.2, 0.25) is 0 Å². The average Bonchev–Trinajstić information content (AvgIpc) is 2.24. The van der Waals surface area contributed by atoms with Crippen LogP contribution in [0.25, 0.3) is 0 Å². The monoisotopic (exact) mass is 205 g/mol. The Labute approximate surface area is 90.4 Å². The fourth-order valence-corrected chi connectivity index (χ4v) is 1.62. The van der Waals surface area contributed by atoms with Crippen molar-refractivity contribution < 1.29 is 9.53 Å². The van der Waals surface area contributed by atoms with Crippen LogP contribution in [0, 0.1) is 12.3 Å². The van der Waals surface area contributed by atoms with Crippen LogP contribution in [0.2, 0.25) is 0 Å². The molecule has 0 saturated carbocycles. The number of carbonyl (C=O) groups is 1. The lowest BCUT2D eigenvalue weighted by molar-refractivity contribution is -0.165. The van der Waals surface area contributed by atoms with Gasteiger partial charge in [0.25, 0.3) is 5.91 Å². The van der Waals surface area contributed by atoms with Crippen LogP contribution in [-0.2, 0) is 9.53 Å². The van der Waals surface area contributed by atoms with E-state index >= 15 is 0 Å². The smallest absolute Gasteiger partial charge is 0.254 e. The summed E-state index contributed by atoms with van der Waals surface area (Å²) in [5.74, 6) is 2.52. The molecule has 0 spiro atoms. The molecule has 1 fully saturated rings. The fraction of sp³-hybridized carbons (Fsp3) is 0.417. The molecule has 1 saturated heterocycles. The summed E-state index contributed by atoms with van der Waals surface area (Å²) in [6.07, 6.45) is 10.8. The Kier molecular flexibility index (Phi) is 4.14. The number of allylic oxidation sites excluding steroid dienone is 2. The molecule has 1 aliphatic heterocycles. The largest absolute Gasteiger partial charge is 0.369 e. The van der Waals surface area contributed by atoms with Gasteiger partial charge < -0.3 is 9.64 Å². The van der Waals surface area contributed by atoms with Crippen molar-refractivity contribution in [3.05, 3.63) is 24.8 Å². The molecule has 0 aromatic carbocycles. The first-order valence-corrected chi connectivity index (χ1v) is 4.82. The quantitative estimate of drug-likeness (QED) is 0.380. The zero-order valence-corrected chi connectivity index (χ0v) is 8.85. The second-order valence-electron chi connectivity index (χ2n) is 3.25. The van der Waals surface area contributed by atoms with Crippen LogP contribution in [0.1, 0.15) is 6.42 Å². The van der Waals surface area contributed by atoms with Crippen LogP contribution in [0.3, 0.4) is 0 Å². The Hall–Kier alpha value is -1.53. The molecular formula is C12H15NO2. The number of hydrogen-bond acceptors (Lipinski definition) is 2. The van der Waals surface area contributed by atoms with E-state index in [1.807, 2.05) is 12.2 Å². The average molecular weight is 205 g/mol. The predicted octanol–water partition coefficient (Wildman–Crippen LogP) is 0.978. The Morgan fingerprint density at radius 1 is 1.73 bits per heavy atom. The Morgan fingerprint density at radius 3 is 3.00 bits per heavy atom. The third kappa shape index (κ3) is 2.28. The van der Waals surface area contributed by atoms with Gasteiger partial charge in [0, 0.05) is 20.1 Å². The maximum Gasteiger partial charge on any atom is 0.254 e. The van der Waals surface area contributed by atoms with Gasteiger partial charge in [-0.05, 0) is 0 Å². The molecule has 3 nitrogen and oxygen atoms in total. The van der Waals surface area contributed by atoms with Crippen molar-refractivity contribution in [2.75, 3.05) is 13.7 Å². The van der Waals surface area contributed by atoms with Crippen molar-refractivity contribution in [2.24, 2.45) is 0 Å². The number of β-lactam (4-membered cyclic amide) rings is 1. The van der Waals surface area contributed by atoms with Gasteiger partial charge in [-0.15, -0.1) is 12.3 Å². The Morgan fingerprint density at radius 2 is 2.47 bits per heavy atom. The summed E-state index contributed by atoms with van der Waals surface area (Å²) < 4.78 is 5.09.